The molecule has 0 saturated heterocycles. The number of carbonyl (C=O) groups is 1. The Morgan fingerprint density at radius 3 is 2.60 bits per heavy atom. The normalized spacial score (nSPS) is 11.7. The smallest absolute Gasteiger partial charge is 0.305 e. The molecule has 0 aromatic heterocycles. The summed E-state index contributed by atoms with van der Waals surface area (Å²) in [5.74, 6) is -0.953. The summed E-state index contributed by atoms with van der Waals surface area (Å²) in [6.45, 7) is 1.72. The van der Waals surface area contributed by atoms with Gasteiger partial charge in [0, 0.05) is 20.0 Å². The molecule has 0 aliphatic rings. The van der Waals surface area contributed by atoms with Crippen LogP contribution in [0.2, 0.25) is 0 Å². The highest BCUT2D eigenvalue weighted by Gasteiger charge is 2.21. The highest BCUT2D eigenvalue weighted by molar-refractivity contribution is 7.89. The van der Waals surface area contributed by atoms with Crippen LogP contribution >= 0.6 is 0 Å². The first-order chi connectivity index (χ1) is 9.28. The zero-order valence-electron chi connectivity index (χ0n) is 11.7. The fourth-order valence-corrected chi connectivity index (χ4v) is 2.80. The van der Waals surface area contributed by atoms with Crippen LogP contribution in [0.25, 0.3) is 0 Å². The lowest BCUT2D eigenvalue weighted by Gasteiger charge is -2.17. The van der Waals surface area contributed by atoms with Gasteiger partial charge in [-0.25, -0.2) is 17.1 Å². The number of aryl methyl sites for hydroxylation is 1. The largest absolute Gasteiger partial charge is 0.469 e. The Bertz CT molecular complexity index is 586. The van der Waals surface area contributed by atoms with Crippen molar-refractivity contribution < 1.29 is 22.3 Å². The van der Waals surface area contributed by atoms with E-state index in [4.69, 9.17) is 0 Å². The second-order valence-electron chi connectivity index (χ2n) is 4.42. The van der Waals surface area contributed by atoms with Crippen molar-refractivity contribution in [1.82, 2.24) is 4.31 Å². The molecule has 1 aromatic carbocycles. The fourth-order valence-electron chi connectivity index (χ4n) is 1.58. The van der Waals surface area contributed by atoms with E-state index in [2.05, 4.69) is 4.74 Å². The molecule has 0 radical (unpaired) electrons. The van der Waals surface area contributed by atoms with Crippen LogP contribution in [0.4, 0.5) is 4.39 Å². The van der Waals surface area contributed by atoms with Crippen LogP contribution in [0.1, 0.15) is 18.4 Å². The Labute approximate surface area is 118 Å². The summed E-state index contributed by atoms with van der Waals surface area (Å²) in [5.41, 5.74) is 0.386. The average Bonchev–Trinajstić information content (AvgIpc) is 2.41. The van der Waals surface area contributed by atoms with Gasteiger partial charge >= 0.3 is 5.97 Å². The van der Waals surface area contributed by atoms with Crippen molar-refractivity contribution in [2.45, 2.75) is 24.7 Å². The first-order valence-electron chi connectivity index (χ1n) is 6.08. The lowest BCUT2D eigenvalue weighted by atomic mass is 10.2. The topological polar surface area (TPSA) is 63.7 Å². The molecule has 0 fully saturated rings. The third-order valence-electron chi connectivity index (χ3n) is 2.93. The van der Waals surface area contributed by atoms with Crippen LogP contribution in [0.5, 0.6) is 0 Å². The van der Waals surface area contributed by atoms with Gasteiger partial charge in [0.25, 0.3) is 0 Å². The number of sulfonamides is 1. The molecule has 0 aliphatic carbocycles. The summed E-state index contributed by atoms with van der Waals surface area (Å²) in [7, 11) is -1.07. The lowest BCUT2D eigenvalue weighted by Crippen LogP contribution is -2.28. The van der Waals surface area contributed by atoms with Crippen molar-refractivity contribution >= 4 is 16.0 Å². The molecule has 20 heavy (non-hydrogen) atoms. The molecule has 0 spiro atoms. The standard InChI is InChI=1S/C13H18FNO4S/c1-10-6-7-11(9-12(10)14)20(17,18)15(2)8-4-5-13(16)19-3/h6-7,9H,4-5,8H2,1-3H3. The van der Waals surface area contributed by atoms with Gasteiger partial charge in [0.05, 0.1) is 12.0 Å². The van der Waals surface area contributed by atoms with Gasteiger partial charge < -0.3 is 4.74 Å². The van der Waals surface area contributed by atoms with Crippen LogP contribution in [0.3, 0.4) is 0 Å². The number of rotatable bonds is 6. The summed E-state index contributed by atoms with van der Waals surface area (Å²) in [6, 6.07) is 3.79. The maximum atomic E-state index is 13.4. The minimum absolute atomic E-state index is 0.0961. The highest BCUT2D eigenvalue weighted by Crippen LogP contribution is 2.18. The maximum Gasteiger partial charge on any atom is 0.305 e. The minimum atomic E-state index is -3.74. The number of esters is 1. The third-order valence-corrected chi connectivity index (χ3v) is 4.79. The van der Waals surface area contributed by atoms with Gasteiger partial charge in [-0.1, -0.05) is 6.07 Å². The molecule has 1 aromatic rings. The molecule has 0 saturated carbocycles. The van der Waals surface area contributed by atoms with Crippen LogP contribution in [0, 0.1) is 12.7 Å². The second-order valence-corrected chi connectivity index (χ2v) is 6.46. The second kappa shape index (κ2) is 6.81. The number of benzene rings is 1. The van der Waals surface area contributed by atoms with Crippen molar-refractivity contribution in [2.24, 2.45) is 0 Å². The third kappa shape index (κ3) is 4.01. The minimum Gasteiger partial charge on any atom is -0.469 e. The average molecular weight is 303 g/mol. The van der Waals surface area contributed by atoms with E-state index in [1.54, 1.807) is 6.92 Å². The van der Waals surface area contributed by atoms with Gasteiger partial charge in [0.2, 0.25) is 10.0 Å². The molecule has 0 bridgehead atoms. The Morgan fingerprint density at radius 2 is 2.05 bits per heavy atom. The summed E-state index contributed by atoms with van der Waals surface area (Å²) in [5, 5.41) is 0. The van der Waals surface area contributed by atoms with Crippen LogP contribution in [-0.4, -0.2) is 39.4 Å². The van der Waals surface area contributed by atoms with E-state index in [-0.39, 0.29) is 17.9 Å². The monoisotopic (exact) mass is 303 g/mol. The number of hydrogen-bond donors (Lipinski definition) is 0. The van der Waals surface area contributed by atoms with Gasteiger partial charge in [-0.3, -0.25) is 4.79 Å². The Kier molecular flexibility index (Phi) is 5.64. The predicted molar refractivity (Wildman–Crippen MR) is 72.2 cm³/mol. The van der Waals surface area contributed by atoms with Gasteiger partial charge in [-0.05, 0) is 31.0 Å². The van der Waals surface area contributed by atoms with Crippen molar-refractivity contribution in [1.29, 1.82) is 0 Å². The maximum absolute atomic E-state index is 13.4. The SMILES string of the molecule is COC(=O)CCCN(C)S(=O)(=O)c1ccc(C)c(F)c1. The summed E-state index contributed by atoms with van der Waals surface area (Å²) in [4.78, 5) is 10.9. The first-order valence-corrected chi connectivity index (χ1v) is 7.52. The number of hydrogen-bond acceptors (Lipinski definition) is 4. The molecule has 1 rings (SSSR count). The van der Waals surface area contributed by atoms with Crippen LogP contribution in [-0.2, 0) is 19.6 Å². The molecule has 0 amide bonds. The lowest BCUT2D eigenvalue weighted by molar-refractivity contribution is -0.140. The predicted octanol–water partition coefficient (Wildman–Crippen LogP) is 1.71. The number of nitrogens with zero attached hydrogens (tertiary/aromatic N) is 1. The van der Waals surface area contributed by atoms with E-state index in [1.165, 1.54) is 26.3 Å². The van der Waals surface area contributed by atoms with Gasteiger partial charge in [0.1, 0.15) is 5.82 Å². The summed E-state index contributed by atoms with van der Waals surface area (Å²) < 4.78 is 43.4. The van der Waals surface area contributed by atoms with Crippen molar-refractivity contribution in [3.63, 3.8) is 0 Å². The van der Waals surface area contributed by atoms with Crippen molar-refractivity contribution in [3.8, 4) is 0 Å². The van der Waals surface area contributed by atoms with Crippen molar-refractivity contribution in [2.75, 3.05) is 20.7 Å². The molecular weight excluding hydrogens is 285 g/mol. The Morgan fingerprint density at radius 1 is 1.40 bits per heavy atom. The van der Waals surface area contributed by atoms with E-state index in [0.717, 1.165) is 10.4 Å². The molecule has 7 heteroatoms. The van der Waals surface area contributed by atoms with Crippen LogP contribution < -0.4 is 0 Å². The quantitative estimate of drug-likeness (QED) is 0.751. The molecule has 0 aliphatic heterocycles. The molecule has 0 heterocycles. The zero-order chi connectivity index (χ0) is 15.3. The van der Waals surface area contributed by atoms with E-state index >= 15 is 0 Å². The fraction of sp³-hybridized carbons (Fsp3) is 0.462. The molecule has 0 atom stereocenters. The zero-order valence-corrected chi connectivity index (χ0v) is 12.5. The Hall–Kier alpha value is -1.47. The number of methoxy groups -OCH3 is 1. The van der Waals surface area contributed by atoms with E-state index in [9.17, 15) is 17.6 Å². The van der Waals surface area contributed by atoms with Crippen LogP contribution in [0.15, 0.2) is 23.1 Å². The molecular formula is C13H18FNO4S. The Balaban J connectivity index is 2.77. The summed E-state index contributed by atoms with van der Waals surface area (Å²) >= 11 is 0. The van der Waals surface area contributed by atoms with Gasteiger partial charge in [-0.2, -0.15) is 0 Å². The van der Waals surface area contributed by atoms with Crippen molar-refractivity contribution in [3.05, 3.63) is 29.6 Å². The molecule has 0 unspecified atom stereocenters. The first kappa shape index (κ1) is 16.6. The number of halogens is 1. The van der Waals surface area contributed by atoms with E-state index in [0.29, 0.717) is 12.0 Å². The van der Waals surface area contributed by atoms with Gasteiger partial charge in [0.15, 0.2) is 0 Å². The van der Waals surface area contributed by atoms with Gasteiger partial charge in [-0.15, -0.1) is 0 Å². The molecule has 0 N–H and O–H groups in total. The summed E-state index contributed by atoms with van der Waals surface area (Å²) in [6.07, 6.45) is 0.482. The van der Waals surface area contributed by atoms with E-state index < -0.39 is 21.8 Å². The molecule has 5 nitrogen and oxygen atoms in total. The highest BCUT2D eigenvalue weighted by atomic mass is 32.2. The number of ether oxygens (including phenoxy) is 1. The molecule has 112 valence electrons. The van der Waals surface area contributed by atoms with E-state index in [1.807, 2.05) is 0 Å². The number of carbonyl (C=O) groups excluding carboxylic acids is 1.